The molecule has 120 valence electrons. The van der Waals surface area contributed by atoms with Crippen LogP contribution in [-0.2, 0) is 20.9 Å². The number of alkyl carbamates (subject to hydrolysis) is 1. The normalized spacial score (nSPS) is 24.2. The van der Waals surface area contributed by atoms with E-state index in [2.05, 4.69) is 5.32 Å². The number of carbonyl (C=O) groups is 2. The molecular formula is C16H21NO5. The van der Waals surface area contributed by atoms with Crippen molar-refractivity contribution in [3.8, 4) is 0 Å². The maximum atomic E-state index is 11.9. The molecule has 1 aromatic rings. The fourth-order valence-corrected chi connectivity index (χ4v) is 2.60. The Hall–Kier alpha value is -2.08. The van der Waals surface area contributed by atoms with E-state index < -0.39 is 30.1 Å². The van der Waals surface area contributed by atoms with Crippen molar-refractivity contribution >= 4 is 12.1 Å². The van der Waals surface area contributed by atoms with E-state index >= 15 is 0 Å². The van der Waals surface area contributed by atoms with Gasteiger partial charge >= 0.3 is 12.1 Å². The summed E-state index contributed by atoms with van der Waals surface area (Å²) in [7, 11) is 0. The van der Waals surface area contributed by atoms with E-state index in [-0.39, 0.29) is 19.1 Å². The first-order valence-corrected chi connectivity index (χ1v) is 7.31. The number of cyclic esters (lactones) is 1. The number of carbonyl (C=O) groups excluding carboxylic acids is 2. The molecule has 6 nitrogen and oxygen atoms in total. The third-order valence-corrected chi connectivity index (χ3v) is 3.72. The van der Waals surface area contributed by atoms with Crippen LogP contribution in [0, 0.1) is 11.8 Å². The van der Waals surface area contributed by atoms with E-state index in [1.165, 1.54) is 0 Å². The lowest BCUT2D eigenvalue weighted by molar-refractivity contribution is -0.146. The fraction of sp³-hybridized carbons (Fsp3) is 0.500. The molecule has 22 heavy (non-hydrogen) atoms. The van der Waals surface area contributed by atoms with E-state index in [0.717, 1.165) is 5.56 Å². The second-order valence-corrected chi connectivity index (χ2v) is 5.66. The summed E-state index contributed by atoms with van der Waals surface area (Å²) in [6, 6.07) is 8.71. The van der Waals surface area contributed by atoms with Gasteiger partial charge in [0.1, 0.15) is 12.7 Å². The molecule has 0 radical (unpaired) electrons. The van der Waals surface area contributed by atoms with Crippen LogP contribution in [0.15, 0.2) is 30.3 Å². The van der Waals surface area contributed by atoms with Crippen molar-refractivity contribution in [3.05, 3.63) is 35.9 Å². The van der Waals surface area contributed by atoms with Crippen molar-refractivity contribution in [2.24, 2.45) is 11.8 Å². The van der Waals surface area contributed by atoms with Crippen LogP contribution in [0.3, 0.4) is 0 Å². The molecule has 0 unspecified atom stereocenters. The highest BCUT2D eigenvalue weighted by atomic mass is 16.6. The number of aliphatic hydroxyl groups excluding tert-OH is 1. The largest absolute Gasteiger partial charge is 0.457 e. The Balaban J connectivity index is 1.94. The van der Waals surface area contributed by atoms with Crippen molar-refractivity contribution in [2.45, 2.75) is 32.6 Å². The number of benzene rings is 1. The predicted octanol–water partition coefficient (Wildman–Crippen LogP) is 1.47. The van der Waals surface area contributed by atoms with Gasteiger partial charge in [-0.3, -0.25) is 4.79 Å². The first-order valence-electron chi connectivity index (χ1n) is 7.31. The Kier molecular flexibility index (Phi) is 5.38. The molecule has 0 spiro atoms. The van der Waals surface area contributed by atoms with Gasteiger partial charge in [0.2, 0.25) is 0 Å². The van der Waals surface area contributed by atoms with Crippen LogP contribution in [0.2, 0.25) is 0 Å². The zero-order chi connectivity index (χ0) is 16.1. The van der Waals surface area contributed by atoms with Crippen molar-refractivity contribution in [3.63, 3.8) is 0 Å². The van der Waals surface area contributed by atoms with Crippen LogP contribution >= 0.6 is 0 Å². The number of hydrogen-bond acceptors (Lipinski definition) is 5. The van der Waals surface area contributed by atoms with Gasteiger partial charge in [-0.1, -0.05) is 44.2 Å². The van der Waals surface area contributed by atoms with E-state index in [9.17, 15) is 14.7 Å². The minimum absolute atomic E-state index is 0.0107. The van der Waals surface area contributed by atoms with Crippen molar-refractivity contribution < 1.29 is 24.2 Å². The summed E-state index contributed by atoms with van der Waals surface area (Å²) in [4.78, 5) is 23.8. The number of nitrogens with one attached hydrogen (secondary N) is 1. The Labute approximate surface area is 129 Å². The average molecular weight is 307 g/mol. The second kappa shape index (κ2) is 7.26. The van der Waals surface area contributed by atoms with Gasteiger partial charge in [-0.25, -0.2) is 4.79 Å². The molecule has 0 bridgehead atoms. The van der Waals surface area contributed by atoms with Crippen molar-refractivity contribution in [2.75, 3.05) is 6.61 Å². The topological polar surface area (TPSA) is 84.9 Å². The molecule has 1 aliphatic heterocycles. The number of esters is 1. The molecule has 1 aliphatic rings. The standard InChI is InChI=1S/C16H21NO5/c1-10(2)13-14(12(8-18)22-15(13)19)17-16(20)21-9-11-6-4-3-5-7-11/h3-7,10,12-14,18H,8-9H2,1-2H3,(H,17,20)/t12-,13+,14+/m1/s1. The highest BCUT2D eigenvalue weighted by Crippen LogP contribution is 2.28. The summed E-state index contributed by atoms with van der Waals surface area (Å²) < 4.78 is 10.2. The third-order valence-electron chi connectivity index (χ3n) is 3.72. The smallest absolute Gasteiger partial charge is 0.407 e. The van der Waals surface area contributed by atoms with E-state index in [1.807, 2.05) is 44.2 Å². The average Bonchev–Trinajstić information content (AvgIpc) is 2.82. The molecule has 2 N–H and O–H groups in total. The Bertz CT molecular complexity index is 517. The van der Waals surface area contributed by atoms with Gasteiger partial charge in [-0.15, -0.1) is 0 Å². The van der Waals surface area contributed by atoms with E-state index in [4.69, 9.17) is 9.47 Å². The molecule has 1 amide bonds. The van der Waals surface area contributed by atoms with Crippen LogP contribution in [0.25, 0.3) is 0 Å². The van der Waals surface area contributed by atoms with Gasteiger partial charge in [-0.2, -0.15) is 0 Å². The van der Waals surface area contributed by atoms with Gasteiger partial charge in [0, 0.05) is 0 Å². The maximum absolute atomic E-state index is 11.9. The van der Waals surface area contributed by atoms with E-state index in [1.54, 1.807) is 0 Å². The number of aliphatic hydroxyl groups is 1. The molecule has 1 saturated heterocycles. The maximum Gasteiger partial charge on any atom is 0.407 e. The second-order valence-electron chi connectivity index (χ2n) is 5.66. The minimum Gasteiger partial charge on any atom is -0.457 e. The first kappa shape index (κ1) is 16.3. The molecule has 2 rings (SSSR count). The molecule has 1 heterocycles. The molecular weight excluding hydrogens is 286 g/mol. The lowest BCUT2D eigenvalue weighted by Crippen LogP contribution is -2.47. The highest BCUT2D eigenvalue weighted by molar-refractivity contribution is 5.78. The fourth-order valence-electron chi connectivity index (χ4n) is 2.60. The summed E-state index contributed by atoms with van der Waals surface area (Å²) >= 11 is 0. The Morgan fingerprint density at radius 1 is 1.36 bits per heavy atom. The molecule has 1 fully saturated rings. The molecule has 3 atom stereocenters. The summed E-state index contributed by atoms with van der Waals surface area (Å²) in [5.74, 6) is -0.896. The quantitative estimate of drug-likeness (QED) is 0.805. The zero-order valence-electron chi connectivity index (χ0n) is 12.7. The lowest BCUT2D eigenvalue weighted by atomic mass is 9.88. The molecule has 0 aromatic heterocycles. The number of ether oxygens (including phenoxy) is 2. The lowest BCUT2D eigenvalue weighted by Gasteiger charge is -2.22. The van der Waals surface area contributed by atoms with Crippen LogP contribution < -0.4 is 5.32 Å². The monoisotopic (exact) mass is 307 g/mol. The highest BCUT2D eigenvalue weighted by Gasteiger charge is 2.46. The Morgan fingerprint density at radius 2 is 2.05 bits per heavy atom. The number of amides is 1. The summed E-state index contributed by atoms with van der Waals surface area (Å²) in [6.45, 7) is 3.55. The summed E-state index contributed by atoms with van der Waals surface area (Å²) in [6.07, 6.45) is -1.36. The van der Waals surface area contributed by atoms with Gasteiger partial charge < -0.3 is 19.9 Å². The van der Waals surface area contributed by atoms with Crippen LogP contribution in [0.5, 0.6) is 0 Å². The molecule has 0 aliphatic carbocycles. The van der Waals surface area contributed by atoms with Gasteiger partial charge in [0.15, 0.2) is 0 Å². The predicted molar refractivity (Wildman–Crippen MR) is 78.8 cm³/mol. The molecule has 1 aromatic carbocycles. The minimum atomic E-state index is -0.732. The van der Waals surface area contributed by atoms with Crippen LogP contribution in [0.4, 0.5) is 4.79 Å². The van der Waals surface area contributed by atoms with Gasteiger partial charge in [0.05, 0.1) is 18.6 Å². The molecule has 0 saturated carbocycles. The zero-order valence-corrected chi connectivity index (χ0v) is 12.7. The molecule has 6 heteroatoms. The van der Waals surface area contributed by atoms with Crippen molar-refractivity contribution in [1.82, 2.24) is 5.32 Å². The first-order chi connectivity index (χ1) is 10.5. The Morgan fingerprint density at radius 3 is 2.64 bits per heavy atom. The summed E-state index contributed by atoms with van der Waals surface area (Å²) in [5.41, 5.74) is 0.871. The number of rotatable bonds is 5. The summed E-state index contributed by atoms with van der Waals surface area (Å²) in [5, 5.41) is 12.0. The third kappa shape index (κ3) is 3.76. The van der Waals surface area contributed by atoms with E-state index in [0.29, 0.717) is 0 Å². The van der Waals surface area contributed by atoms with Crippen LogP contribution in [-0.4, -0.2) is 35.9 Å². The van der Waals surface area contributed by atoms with Crippen LogP contribution in [0.1, 0.15) is 19.4 Å². The van der Waals surface area contributed by atoms with Crippen molar-refractivity contribution in [1.29, 1.82) is 0 Å². The number of hydrogen-bond donors (Lipinski definition) is 2. The van der Waals surface area contributed by atoms with Gasteiger partial charge in [0.25, 0.3) is 0 Å². The van der Waals surface area contributed by atoms with Gasteiger partial charge in [-0.05, 0) is 11.5 Å². The SMILES string of the molecule is CC(C)[C@@H]1C(=O)O[C@H](CO)[C@@H]1NC(=O)OCc1ccccc1.